The lowest BCUT2D eigenvalue weighted by molar-refractivity contribution is 0.00343. The van der Waals surface area contributed by atoms with Crippen molar-refractivity contribution in [3.8, 4) is 6.07 Å². The smallest absolute Gasteiger partial charge is 0.254 e. The Morgan fingerprint density at radius 3 is 3.11 bits per heavy atom. The molecule has 18 heavy (non-hydrogen) atoms. The van der Waals surface area contributed by atoms with Crippen LogP contribution in [-0.4, -0.2) is 36.6 Å². The Hall–Kier alpha value is -1.38. The first-order valence-corrected chi connectivity index (χ1v) is 6.48. The highest BCUT2D eigenvalue weighted by molar-refractivity contribution is 9.10. The second kappa shape index (κ2) is 5.51. The predicted octanol–water partition coefficient (Wildman–Crippen LogP) is 2.12. The van der Waals surface area contributed by atoms with Gasteiger partial charge in [0.15, 0.2) is 6.10 Å². The molecule has 1 aromatic carbocycles. The zero-order valence-corrected chi connectivity index (χ0v) is 11.6. The van der Waals surface area contributed by atoms with Gasteiger partial charge in [-0.2, -0.15) is 5.26 Å². The average Bonchev–Trinajstić information content (AvgIpc) is 2.41. The second-order valence-corrected chi connectivity index (χ2v) is 5.01. The zero-order chi connectivity index (χ0) is 13.1. The number of carbonyl (C=O) groups is 1. The summed E-state index contributed by atoms with van der Waals surface area (Å²) in [5.41, 5.74) is 1.59. The largest absolute Gasteiger partial charge is 0.360 e. The predicted molar refractivity (Wildman–Crippen MR) is 70.1 cm³/mol. The van der Waals surface area contributed by atoms with Crippen LogP contribution in [0.1, 0.15) is 15.9 Å². The van der Waals surface area contributed by atoms with E-state index in [0.29, 0.717) is 25.3 Å². The normalized spacial score (nSPS) is 19.4. The van der Waals surface area contributed by atoms with Crippen LogP contribution < -0.4 is 0 Å². The van der Waals surface area contributed by atoms with Crippen LogP contribution >= 0.6 is 15.9 Å². The topological polar surface area (TPSA) is 53.3 Å². The molecule has 0 aliphatic carbocycles. The average molecular weight is 309 g/mol. The lowest BCUT2D eigenvalue weighted by Gasteiger charge is -2.30. The maximum Gasteiger partial charge on any atom is 0.254 e. The van der Waals surface area contributed by atoms with Crippen molar-refractivity contribution in [2.45, 2.75) is 13.0 Å². The summed E-state index contributed by atoms with van der Waals surface area (Å²) in [6, 6.07) is 7.59. The summed E-state index contributed by atoms with van der Waals surface area (Å²) in [6.07, 6.45) is -0.518. The van der Waals surface area contributed by atoms with E-state index in [9.17, 15) is 4.79 Å². The highest BCUT2D eigenvalue weighted by Gasteiger charge is 2.25. The summed E-state index contributed by atoms with van der Waals surface area (Å²) in [7, 11) is 0. The van der Waals surface area contributed by atoms with Gasteiger partial charge in [0.05, 0.1) is 19.2 Å². The molecule has 1 aliphatic heterocycles. The van der Waals surface area contributed by atoms with Gasteiger partial charge in [-0.15, -0.1) is 0 Å². The first-order valence-electron chi connectivity index (χ1n) is 5.69. The number of hydrogen-bond donors (Lipinski definition) is 0. The lowest BCUT2D eigenvalue weighted by atomic mass is 10.1. The van der Waals surface area contributed by atoms with E-state index < -0.39 is 6.10 Å². The molecule has 0 spiro atoms. The van der Waals surface area contributed by atoms with Crippen molar-refractivity contribution in [3.05, 3.63) is 33.8 Å². The Balaban J connectivity index is 2.21. The van der Waals surface area contributed by atoms with E-state index in [4.69, 9.17) is 10.00 Å². The molecule has 0 N–H and O–H groups in total. The third-order valence-electron chi connectivity index (χ3n) is 3.00. The molecule has 5 heteroatoms. The van der Waals surface area contributed by atoms with E-state index in [2.05, 4.69) is 15.9 Å². The van der Waals surface area contributed by atoms with Gasteiger partial charge in [0.25, 0.3) is 5.91 Å². The SMILES string of the molecule is Cc1c(Br)cccc1C(=O)N1CCOC(C#N)C1. The van der Waals surface area contributed by atoms with Gasteiger partial charge in [0.2, 0.25) is 0 Å². The Morgan fingerprint density at radius 1 is 1.61 bits per heavy atom. The molecule has 1 saturated heterocycles. The molecular weight excluding hydrogens is 296 g/mol. The molecule has 4 nitrogen and oxygen atoms in total. The van der Waals surface area contributed by atoms with Crippen molar-refractivity contribution in [2.75, 3.05) is 19.7 Å². The molecule has 0 radical (unpaired) electrons. The van der Waals surface area contributed by atoms with Crippen LogP contribution in [0.4, 0.5) is 0 Å². The Bertz CT molecular complexity index is 510. The third-order valence-corrected chi connectivity index (χ3v) is 3.85. The molecule has 1 heterocycles. The number of ether oxygens (including phenoxy) is 1. The Labute approximate surface area is 114 Å². The van der Waals surface area contributed by atoms with E-state index in [1.807, 2.05) is 25.1 Å². The van der Waals surface area contributed by atoms with E-state index in [1.54, 1.807) is 11.0 Å². The van der Waals surface area contributed by atoms with Crippen LogP contribution in [0, 0.1) is 18.3 Å². The van der Waals surface area contributed by atoms with Crippen molar-refractivity contribution >= 4 is 21.8 Å². The summed E-state index contributed by atoms with van der Waals surface area (Å²) in [4.78, 5) is 14.0. The molecular formula is C13H13BrN2O2. The minimum atomic E-state index is -0.518. The van der Waals surface area contributed by atoms with Crippen molar-refractivity contribution in [1.82, 2.24) is 4.90 Å². The number of amides is 1. The molecule has 1 unspecified atom stereocenters. The molecule has 1 atom stereocenters. The van der Waals surface area contributed by atoms with Gasteiger partial charge < -0.3 is 9.64 Å². The molecule has 1 fully saturated rings. The second-order valence-electron chi connectivity index (χ2n) is 4.15. The van der Waals surface area contributed by atoms with Crippen molar-refractivity contribution in [3.63, 3.8) is 0 Å². The molecule has 1 aromatic rings. The summed E-state index contributed by atoms with van der Waals surface area (Å²) in [5, 5.41) is 8.84. The molecule has 94 valence electrons. The van der Waals surface area contributed by atoms with Gasteiger partial charge in [-0.25, -0.2) is 0 Å². The number of halogens is 1. The number of hydrogen-bond acceptors (Lipinski definition) is 3. The molecule has 1 aliphatic rings. The number of rotatable bonds is 1. The van der Waals surface area contributed by atoms with Crippen LogP contribution in [0.15, 0.2) is 22.7 Å². The maximum atomic E-state index is 12.4. The van der Waals surface area contributed by atoms with Gasteiger partial charge in [0.1, 0.15) is 0 Å². The monoisotopic (exact) mass is 308 g/mol. The summed E-state index contributed by atoms with van der Waals surface area (Å²) < 4.78 is 6.15. The highest BCUT2D eigenvalue weighted by Crippen LogP contribution is 2.21. The number of morpholine rings is 1. The van der Waals surface area contributed by atoms with E-state index in [-0.39, 0.29) is 5.91 Å². The fourth-order valence-electron chi connectivity index (χ4n) is 1.92. The van der Waals surface area contributed by atoms with Crippen LogP contribution in [-0.2, 0) is 4.74 Å². The molecule has 2 rings (SSSR count). The van der Waals surface area contributed by atoms with Gasteiger partial charge in [-0.05, 0) is 24.6 Å². The van der Waals surface area contributed by atoms with Gasteiger partial charge in [-0.3, -0.25) is 4.79 Å². The van der Waals surface area contributed by atoms with E-state index in [0.717, 1.165) is 10.0 Å². The van der Waals surface area contributed by atoms with Crippen molar-refractivity contribution in [2.24, 2.45) is 0 Å². The highest BCUT2D eigenvalue weighted by atomic mass is 79.9. The summed E-state index contributed by atoms with van der Waals surface area (Å²) in [5.74, 6) is -0.0441. The molecule has 0 aromatic heterocycles. The fraction of sp³-hybridized carbons (Fsp3) is 0.385. The van der Waals surface area contributed by atoms with Crippen LogP contribution in [0.2, 0.25) is 0 Å². The van der Waals surface area contributed by atoms with Crippen LogP contribution in [0.5, 0.6) is 0 Å². The standard InChI is InChI=1S/C13H13BrN2O2/c1-9-11(3-2-4-12(9)14)13(17)16-5-6-18-10(7-15)8-16/h2-4,10H,5-6,8H2,1H3. The third kappa shape index (κ3) is 2.55. The van der Waals surface area contributed by atoms with E-state index >= 15 is 0 Å². The van der Waals surface area contributed by atoms with Gasteiger partial charge in [-0.1, -0.05) is 22.0 Å². The zero-order valence-electron chi connectivity index (χ0n) is 10.0. The molecule has 1 amide bonds. The number of benzene rings is 1. The first kappa shape index (κ1) is 13.1. The number of nitriles is 1. The quantitative estimate of drug-likeness (QED) is 0.798. The first-order chi connectivity index (χ1) is 8.63. The Kier molecular flexibility index (Phi) is 4.00. The maximum absolute atomic E-state index is 12.4. The van der Waals surface area contributed by atoms with E-state index in [1.165, 1.54) is 0 Å². The molecule has 0 saturated carbocycles. The minimum Gasteiger partial charge on any atom is -0.360 e. The summed E-state index contributed by atoms with van der Waals surface area (Å²) >= 11 is 3.42. The number of nitrogens with zero attached hydrogens (tertiary/aromatic N) is 2. The van der Waals surface area contributed by atoms with Crippen molar-refractivity contribution < 1.29 is 9.53 Å². The molecule has 0 bridgehead atoms. The number of carbonyl (C=O) groups excluding carboxylic acids is 1. The van der Waals surface area contributed by atoms with Gasteiger partial charge >= 0.3 is 0 Å². The Morgan fingerprint density at radius 2 is 2.39 bits per heavy atom. The van der Waals surface area contributed by atoms with Crippen molar-refractivity contribution in [1.29, 1.82) is 5.26 Å². The fourth-order valence-corrected chi connectivity index (χ4v) is 2.29. The summed E-state index contributed by atoms with van der Waals surface area (Å²) in [6.45, 7) is 3.18. The minimum absolute atomic E-state index is 0.0441. The van der Waals surface area contributed by atoms with Gasteiger partial charge in [0, 0.05) is 16.6 Å². The van der Waals surface area contributed by atoms with Crippen LogP contribution in [0.25, 0.3) is 0 Å². The lowest BCUT2D eigenvalue weighted by Crippen LogP contribution is -2.45. The van der Waals surface area contributed by atoms with Crippen LogP contribution in [0.3, 0.4) is 0 Å².